The van der Waals surface area contributed by atoms with Gasteiger partial charge in [0.05, 0.1) is 59.2 Å². The quantitative estimate of drug-likeness (QED) is 0.0962. The van der Waals surface area contributed by atoms with Crippen LogP contribution in [0, 0.1) is 30.2 Å². The Labute approximate surface area is 415 Å². The van der Waals surface area contributed by atoms with Crippen LogP contribution in [0.4, 0.5) is 40.3 Å². The van der Waals surface area contributed by atoms with Gasteiger partial charge in [-0.05, 0) is 74.0 Å². The molecule has 5 atom stereocenters. The highest BCUT2D eigenvalue weighted by Gasteiger charge is 2.68. The molecule has 4 N–H and O–H groups in total. The van der Waals surface area contributed by atoms with Crippen LogP contribution >= 0.6 is 0 Å². The van der Waals surface area contributed by atoms with Crippen molar-refractivity contribution in [2.75, 3.05) is 53.2 Å². The monoisotopic (exact) mass is 1010 g/mol. The first-order valence-corrected chi connectivity index (χ1v) is 23.7. The number of aryl methyl sites for hydroxylation is 2. The molecule has 0 saturated carbocycles. The SMILES string of the molecule is Cc1nc2c(N3CC[C@@H](NC(=O)CNCn4ncc5c(N6C[C@@H]7[C@H]8C6CN78)c(NC(=O)c6ccc(=O)n(-c7c(F)cccc7F)n6)ccc54)C3)c(NC(=O)c3ccc(=O)n(-c4c(F)cccc4F)n3)ccc2n1C. The number of rotatable bonds is 13. The van der Waals surface area contributed by atoms with Crippen LogP contribution in [0.5, 0.6) is 0 Å². The van der Waals surface area contributed by atoms with Gasteiger partial charge in [0, 0.05) is 68.9 Å². The Morgan fingerprint density at radius 1 is 0.689 bits per heavy atom. The summed E-state index contributed by atoms with van der Waals surface area (Å²) in [6, 6.07) is 18.5. The van der Waals surface area contributed by atoms with E-state index >= 15 is 0 Å². The van der Waals surface area contributed by atoms with Crippen LogP contribution < -0.4 is 42.2 Å². The Kier molecular flexibility index (Phi) is 11.1. The number of imidazole rings is 1. The zero-order chi connectivity index (χ0) is 51.3. The molecule has 24 heteroatoms. The van der Waals surface area contributed by atoms with Crippen LogP contribution in [0.3, 0.4) is 0 Å². The molecule has 4 aliphatic rings. The Bertz CT molecular complexity index is 3760. The van der Waals surface area contributed by atoms with Crippen molar-refractivity contribution in [3.63, 3.8) is 0 Å². The van der Waals surface area contributed by atoms with Crippen molar-refractivity contribution < 1.29 is 31.9 Å². The maximum Gasteiger partial charge on any atom is 0.276 e. The van der Waals surface area contributed by atoms with Gasteiger partial charge in [0.1, 0.15) is 34.1 Å². The zero-order valence-corrected chi connectivity index (χ0v) is 39.4. The Morgan fingerprint density at radius 2 is 1.28 bits per heavy atom. The molecule has 0 bridgehead atoms. The van der Waals surface area contributed by atoms with E-state index in [0.717, 1.165) is 83.7 Å². The van der Waals surface area contributed by atoms with E-state index in [4.69, 9.17) is 4.98 Å². The van der Waals surface area contributed by atoms with Crippen LogP contribution in [-0.4, -0.2) is 118 Å². The smallest absolute Gasteiger partial charge is 0.276 e. The number of nitrogens with one attached hydrogen (secondary N) is 4. The number of halogens is 4. The van der Waals surface area contributed by atoms with Crippen molar-refractivity contribution in [2.24, 2.45) is 7.05 Å². The summed E-state index contributed by atoms with van der Waals surface area (Å²) >= 11 is 0. The fraction of sp³-hybridized carbons (Fsp3) is 0.260. The van der Waals surface area contributed by atoms with Gasteiger partial charge in [-0.3, -0.25) is 38.9 Å². The normalized spacial score (nSPS) is 19.5. The number of carbonyl (C=O) groups excluding carboxylic acids is 3. The van der Waals surface area contributed by atoms with E-state index < -0.39 is 57.6 Å². The highest BCUT2D eigenvalue weighted by atomic mass is 19.1. The van der Waals surface area contributed by atoms with Gasteiger partial charge in [-0.2, -0.15) is 24.7 Å². The third kappa shape index (κ3) is 7.80. The molecule has 376 valence electrons. The fourth-order valence-electron chi connectivity index (χ4n) is 10.6. The summed E-state index contributed by atoms with van der Waals surface area (Å²) < 4.78 is 63.4. The number of amides is 3. The highest BCUT2D eigenvalue weighted by molar-refractivity contribution is 6.10. The lowest BCUT2D eigenvalue weighted by Gasteiger charge is -2.40. The molecule has 0 aliphatic carbocycles. The van der Waals surface area contributed by atoms with Crippen LogP contribution in [0.15, 0.2) is 101 Å². The van der Waals surface area contributed by atoms with E-state index in [0.29, 0.717) is 69.4 Å². The van der Waals surface area contributed by atoms with Crippen LogP contribution in [0.1, 0.15) is 33.2 Å². The lowest BCUT2D eigenvalue weighted by Crippen LogP contribution is -2.52. The van der Waals surface area contributed by atoms with E-state index in [1.807, 2.05) is 23.4 Å². The van der Waals surface area contributed by atoms with Gasteiger partial charge in [-0.25, -0.2) is 22.5 Å². The van der Waals surface area contributed by atoms with Crippen LogP contribution in [0.25, 0.3) is 33.3 Å². The van der Waals surface area contributed by atoms with Crippen LogP contribution in [0.2, 0.25) is 0 Å². The molecule has 4 aromatic carbocycles. The van der Waals surface area contributed by atoms with Crippen molar-refractivity contribution >= 4 is 62.4 Å². The molecular formula is C50H43F4N15O5. The minimum atomic E-state index is -1.03. The summed E-state index contributed by atoms with van der Waals surface area (Å²) in [6.45, 7) is 4.42. The molecule has 4 fully saturated rings. The van der Waals surface area contributed by atoms with Gasteiger partial charge in [0.25, 0.3) is 22.9 Å². The number of hydrogen-bond acceptors (Lipinski definition) is 13. The van der Waals surface area contributed by atoms with Gasteiger partial charge >= 0.3 is 0 Å². The maximum absolute atomic E-state index is 14.7. The van der Waals surface area contributed by atoms with Crippen molar-refractivity contribution in [3.05, 3.63) is 152 Å². The Morgan fingerprint density at radius 3 is 1.86 bits per heavy atom. The standard InChI is InChI=1S/C50H43F4N15O5/c1-25-57-43-37(63(25)2)14-10-33(60-50(74)35-12-16-42(72)69(62-35)46-30(53)7-4-8-31(46)54)47(43)64-18-17-26(21-64)58-40(70)20-55-24-67-36-13-9-32(44(27(36)19-56-67)65-22-39-48-38(65)23-66(39)48)59-49(73)34-11-15-41(71)68(61-34)45-28(51)5-3-6-29(45)52/h3-16,19,26,38-39,48,55H,17-18,20-24H2,1-2H3,(H,58,70)(H,59,73)(H,60,74)/t26-,38?,39-,48-,66?/m1/s1. The number of benzene rings is 4. The molecule has 2 unspecified atom stereocenters. The topological polar surface area (TPSA) is 214 Å². The van der Waals surface area contributed by atoms with Crippen molar-refractivity contribution in [2.45, 2.75) is 44.2 Å². The van der Waals surface area contributed by atoms with Crippen molar-refractivity contribution in [1.82, 2.24) is 54.4 Å². The molecule has 12 rings (SSSR count). The number of hydrogen-bond donors (Lipinski definition) is 4. The summed E-state index contributed by atoms with van der Waals surface area (Å²) in [7, 11) is 1.87. The van der Waals surface area contributed by atoms with E-state index in [1.54, 1.807) is 35.1 Å². The maximum atomic E-state index is 14.7. The molecule has 4 aromatic heterocycles. The molecule has 3 amide bonds. The van der Waals surface area contributed by atoms with Gasteiger partial charge in [0.2, 0.25) is 5.91 Å². The average molecular weight is 1010 g/mol. The number of piperazine rings is 2. The first-order valence-electron chi connectivity index (χ1n) is 23.7. The number of aromatic nitrogens is 8. The lowest BCUT2D eigenvalue weighted by atomic mass is 10.1. The Balaban J connectivity index is 0.731. The minimum absolute atomic E-state index is 0.0551. The molecular weight excluding hydrogens is 967 g/mol. The molecule has 8 heterocycles. The van der Waals surface area contributed by atoms with Crippen molar-refractivity contribution in [1.29, 1.82) is 0 Å². The number of nitrogens with zero attached hydrogens (tertiary/aromatic N) is 11. The number of carbonyl (C=O) groups is 3. The average Bonchev–Trinajstić information content (AvgIpc) is 3.96. The third-order valence-electron chi connectivity index (χ3n) is 14.3. The summed E-state index contributed by atoms with van der Waals surface area (Å²) in [5.74, 6) is -5.08. The first-order chi connectivity index (χ1) is 35.7. The van der Waals surface area contributed by atoms with Crippen molar-refractivity contribution in [3.8, 4) is 11.4 Å². The minimum Gasteiger partial charge on any atom is -0.366 e. The van der Waals surface area contributed by atoms with Gasteiger partial charge in [-0.1, -0.05) is 12.1 Å². The van der Waals surface area contributed by atoms with E-state index in [2.05, 4.69) is 46.4 Å². The van der Waals surface area contributed by atoms with Gasteiger partial charge in [0.15, 0.2) is 23.3 Å². The molecule has 0 radical (unpaired) electrons. The Hall–Kier alpha value is -8.77. The highest BCUT2D eigenvalue weighted by Crippen LogP contribution is 2.53. The molecule has 4 aliphatic heterocycles. The summed E-state index contributed by atoms with van der Waals surface area (Å²) in [6.07, 6.45) is 2.27. The number of anilines is 4. The summed E-state index contributed by atoms with van der Waals surface area (Å²) in [5, 5.41) is 25.5. The molecule has 8 aromatic rings. The predicted octanol–water partition coefficient (Wildman–Crippen LogP) is 3.58. The second-order valence-electron chi connectivity index (χ2n) is 18.6. The van der Waals surface area contributed by atoms with Gasteiger partial charge in [-0.15, -0.1) is 0 Å². The first kappa shape index (κ1) is 46.3. The summed E-state index contributed by atoms with van der Waals surface area (Å²) in [4.78, 5) is 77.9. The number of para-hydroxylation sites is 2. The predicted molar refractivity (Wildman–Crippen MR) is 263 cm³/mol. The number of fused-ring (bicyclic) bond motifs is 3. The molecule has 74 heavy (non-hydrogen) atoms. The molecule has 4 saturated heterocycles. The molecule has 0 spiro atoms. The zero-order valence-electron chi connectivity index (χ0n) is 39.4. The summed E-state index contributed by atoms with van der Waals surface area (Å²) in [5.41, 5.74) is 0.701. The second-order valence-corrected chi connectivity index (χ2v) is 18.6. The lowest BCUT2D eigenvalue weighted by molar-refractivity contribution is -0.120. The van der Waals surface area contributed by atoms with Gasteiger partial charge < -0.3 is 30.3 Å². The fourth-order valence-corrected chi connectivity index (χ4v) is 10.6. The largest absolute Gasteiger partial charge is 0.366 e. The molecule has 20 nitrogen and oxygen atoms in total. The van der Waals surface area contributed by atoms with E-state index in [1.165, 1.54) is 12.1 Å². The van der Waals surface area contributed by atoms with E-state index in [-0.39, 0.29) is 42.6 Å². The second kappa shape index (κ2) is 17.8. The van der Waals surface area contributed by atoms with Crippen LogP contribution in [-0.2, 0) is 18.5 Å². The third-order valence-corrected chi connectivity index (χ3v) is 14.3. The van der Waals surface area contributed by atoms with E-state index in [9.17, 15) is 41.5 Å².